The van der Waals surface area contributed by atoms with Gasteiger partial charge in [-0.15, -0.1) is 0 Å². The first kappa shape index (κ1) is 16.4. The molecule has 0 spiro atoms. The number of rotatable bonds is 8. The normalized spacial score (nSPS) is 10.7. The number of aromatic nitrogens is 1. The number of nitrogens with one attached hydrogen (secondary N) is 1. The van der Waals surface area contributed by atoms with Gasteiger partial charge in [0.25, 0.3) is 5.91 Å². The average Bonchev–Trinajstić information content (AvgIpc) is 2.44. The number of likely N-dealkylation sites (N-methyl/N-ethyl adjacent to an activating group) is 1. The summed E-state index contributed by atoms with van der Waals surface area (Å²) in [6.07, 6.45) is 2.67. The van der Waals surface area contributed by atoms with E-state index in [-0.39, 0.29) is 5.91 Å². The first-order valence-electron chi connectivity index (χ1n) is 7.22. The van der Waals surface area contributed by atoms with Crippen LogP contribution in [0.4, 0.5) is 5.69 Å². The second-order valence-corrected chi connectivity index (χ2v) is 5.06. The van der Waals surface area contributed by atoms with Gasteiger partial charge in [-0.05, 0) is 39.6 Å². The van der Waals surface area contributed by atoms with Gasteiger partial charge in [0.1, 0.15) is 5.69 Å². The van der Waals surface area contributed by atoms with E-state index in [9.17, 15) is 4.79 Å². The lowest BCUT2D eigenvalue weighted by Crippen LogP contribution is -2.37. The zero-order valence-corrected chi connectivity index (χ0v) is 13.0. The molecule has 0 aromatic carbocycles. The number of carbonyl (C=O) groups is 1. The van der Waals surface area contributed by atoms with Crippen LogP contribution in [0.5, 0.6) is 0 Å². The van der Waals surface area contributed by atoms with Gasteiger partial charge in [0, 0.05) is 26.2 Å². The Morgan fingerprint density at radius 2 is 1.95 bits per heavy atom. The third-order valence-electron chi connectivity index (χ3n) is 2.96. The molecule has 20 heavy (non-hydrogen) atoms. The Labute approximate surface area is 122 Å². The molecule has 112 valence electrons. The van der Waals surface area contributed by atoms with E-state index in [1.807, 2.05) is 32.0 Å². The zero-order chi connectivity index (χ0) is 15.0. The summed E-state index contributed by atoms with van der Waals surface area (Å²) in [5.74, 6) is 0.0109. The first-order valence-corrected chi connectivity index (χ1v) is 7.22. The van der Waals surface area contributed by atoms with Crippen molar-refractivity contribution in [3.05, 3.63) is 24.0 Å². The van der Waals surface area contributed by atoms with Crippen molar-refractivity contribution in [2.75, 3.05) is 45.6 Å². The van der Waals surface area contributed by atoms with Crippen LogP contribution >= 0.6 is 0 Å². The van der Waals surface area contributed by atoms with Crippen LogP contribution in [0.2, 0.25) is 0 Å². The van der Waals surface area contributed by atoms with Crippen molar-refractivity contribution in [1.82, 2.24) is 14.8 Å². The molecule has 5 nitrogen and oxygen atoms in total. The molecule has 0 aliphatic carbocycles. The molecule has 1 heterocycles. The molecule has 0 unspecified atom stereocenters. The lowest BCUT2D eigenvalue weighted by molar-refractivity contribution is 0.0739. The lowest BCUT2D eigenvalue weighted by atomic mass is 10.2. The highest BCUT2D eigenvalue weighted by Crippen LogP contribution is 2.08. The first-order chi connectivity index (χ1) is 9.58. The number of carbonyl (C=O) groups excluding carboxylic acids is 1. The number of hydrogen-bond acceptors (Lipinski definition) is 4. The maximum Gasteiger partial charge on any atom is 0.272 e. The van der Waals surface area contributed by atoms with Crippen LogP contribution in [-0.4, -0.2) is 61.0 Å². The van der Waals surface area contributed by atoms with E-state index in [1.165, 1.54) is 0 Å². The largest absolute Gasteiger partial charge is 0.384 e. The summed E-state index contributed by atoms with van der Waals surface area (Å²) >= 11 is 0. The van der Waals surface area contributed by atoms with E-state index < -0.39 is 0 Å². The smallest absolute Gasteiger partial charge is 0.272 e. The summed E-state index contributed by atoms with van der Waals surface area (Å²) in [6.45, 7) is 7.32. The highest BCUT2D eigenvalue weighted by Gasteiger charge is 2.16. The lowest BCUT2D eigenvalue weighted by Gasteiger charge is -2.23. The van der Waals surface area contributed by atoms with Crippen LogP contribution in [0.1, 0.15) is 30.8 Å². The Morgan fingerprint density at radius 1 is 1.20 bits per heavy atom. The Morgan fingerprint density at radius 3 is 2.45 bits per heavy atom. The van der Waals surface area contributed by atoms with E-state index in [0.29, 0.717) is 5.69 Å². The van der Waals surface area contributed by atoms with Crippen LogP contribution in [0.25, 0.3) is 0 Å². The minimum Gasteiger partial charge on any atom is -0.384 e. The molecule has 1 N–H and O–H groups in total. The summed E-state index contributed by atoms with van der Waals surface area (Å²) < 4.78 is 0. The van der Waals surface area contributed by atoms with Crippen molar-refractivity contribution in [1.29, 1.82) is 0 Å². The number of nitrogens with zero attached hydrogens (tertiary/aromatic N) is 3. The van der Waals surface area contributed by atoms with Crippen molar-refractivity contribution < 1.29 is 4.79 Å². The molecule has 1 amide bonds. The minimum atomic E-state index is 0.0109. The van der Waals surface area contributed by atoms with Gasteiger partial charge in [-0.2, -0.15) is 0 Å². The maximum absolute atomic E-state index is 12.4. The van der Waals surface area contributed by atoms with Crippen LogP contribution < -0.4 is 5.32 Å². The van der Waals surface area contributed by atoms with Crippen LogP contribution in [0.15, 0.2) is 18.3 Å². The van der Waals surface area contributed by atoms with E-state index in [0.717, 1.165) is 38.3 Å². The summed E-state index contributed by atoms with van der Waals surface area (Å²) in [7, 11) is 4.02. The Kier molecular flexibility index (Phi) is 7.01. The second-order valence-electron chi connectivity index (χ2n) is 5.06. The summed E-state index contributed by atoms with van der Waals surface area (Å²) in [5.41, 5.74) is 1.46. The molecule has 0 aliphatic heterocycles. The predicted molar refractivity (Wildman–Crippen MR) is 83.1 cm³/mol. The molecule has 0 aliphatic rings. The number of pyridine rings is 1. The second kappa shape index (κ2) is 8.53. The molecule has 1 rings (SSSR count). The number of anilines is 1. The van der Waals surface area contributed by atoms with Crippen molar-refractivity contribution in [2.24, 2.45) is 0 Å². The van der Waals surface area contributed by atoms with Gasteiger partial charge < -0.3 is 15.1 Å². The fraction of sp³-hybridized carbons (Fsp3) is 0.600. The van der Waals surface area contributed by atoms with Gasteiger partial charge in [-0.1, -0.05) is 6.92 Å². The Bertz CT molecular complexity index is 403. The number of amides is 1. The van der Waals surface area contributed by atoms with Gasteiger partial charge >= 0.3 is 0 Å². The van der Waals surface area contributed by atoms with Gasteiger partial charge in [-0.25, -0.2) is 4.98 Å². The molecule has 0 fully saturated rings. The summed E-state index contributed by atoms with van der Waals surface area (Å²) in [6, 6.07) is 3.69. The molecule has 0 saturated heterocycles. The van der Waals surface area contributed by atoms with E-state index in [4.69, 9.17) is 0 Å². The molecular formula is C15H26N4O. The molecule has 1 aromatic heterocycles. The van der Waals surface area contributed by atoms with E-state index in [1.54, 1.807) is 12.3 Å². The molecule has 0 radical (unpaired) electrons. The van der Waals surface area contributed by atoms with Gasteiger partial charge in [0.15, 0.2) is 0 Å². The number of hydrogen-bond donors (Lipinski definition) is 1. The van der Waals surface area contributed by atoms with E-state index in [2.05, 4.69) is 22.1 Å². The monoisotopic (exact) mass is 278 g/mol. The molecule has 0 saturated carbocycles. The Hall–Kier alpha value is -1.62. The Balaban J connectivity index is 2.72. The van der Waals surface area contributed by atoms with Crippen molar-refractivity contribution in [3.8, 4) is 0 Å². The van der Waals surface area contributed by atoms with Crippen molar-refractivity contribution in [3.63, 3.8) is 0 Å². The molecule has 0 atom stereocenters. The molecule has 5 heteroatoms. The van der Waals surface area contributed by atoms with Crippen LogP contribution in [0, 0.1) is 0 Å². The van der Waals surface area contributed by atoms with Crippen molar-refractivity contribution in [2.45, 2.75) is 20.3 Å². The zero-order valence-electron chi connectivity index (χ0n) is 13.0. The van der Waals surface area contributed by atoms with Gasteiger partial charge in [0.2, 0.25) is 0 Å². The summed E-state index contributed by atoms with van der Waals surface area (Å²) in [5, 5.41) is 3.17. The average molecular weight is 278 g/mol. The fourth-order valence-electron chi connectivity index (χ4n) is 1.90. The third-order valence-corrected chi connectivity index (χ3v) is 2.96. The maximum atomic E-state index is 12.4. The fourth-order valence-corrected chi connectivity index (χ4v) is 1.90. The quantitative estimate of drug-likeness (QED) is 0.789. The van der Waals surface area contributed by atoms with Gasteiger partial charge in [0.05, 0.1) is 11.9 Å². The highest BCUT2D eigenvalue weighted by molar-refractivity contribution is 5.92. The van der Waals surface area contributed by atoms with E-state index >= 15 is 0 Å². The van der Waals surface area contributed by atoms with Gasteiger partial charge in [-0.3, -0.25) is 4.79 Å². The minimum absolute atomic E-state index is 0.0109. The predicted octanol–water partition coefficient (Wildman–Crippen LogP) is 1.93. The third kappa shape index (κ3) is 5.17. The topological polar surface area (TPSA) is 48.5 Å². The standard InChI is InChI=1S/C15H26N4O/c1-5-9-19(11-10-18(3)4)15(20)14-8-7-13(12-17-14)16-6-2/h7-8,12,16H,5-6,9-11H2,1-4H3. The highest BCUT2D eigenvalue weighted by atomic mass is 16.2. The van der Waals surface area contributed by atoms with Crippen LogP contribution in [-0.2, 0) is 0 Å². The van der Waals surface area contributed by atoms with Crippen LogP contribution in [0.3, 0.4) is 0 Å². The van der Waals surface area contributed by atoms with Crippen molar-refractivity contribution >= 4 is 11.6 Å². The SMILES string of the molecule is CCCN(CCN(C)C)C(=O)c1ccc(NCC)cn1. The molecule has 1 aromatic rings. The summed E-state index contributed by atoms with van der Waals surface area (Å²) in [4.78, 5) is 20.7. The molecular weight excluding hydrogens is 252 g/mol. The molecule has 0 bridgehead atoms.